The largest absolute Gasteiger partial charge is 0.506 e. The first-order valence-electron chi connectivity index (χ1n) is 8.13. The zero-order valence-electron chi connectivity index (χ0n) is 13.1. The number of esters is 1. The van der Waals surface area contributed by atoms with Crippen LogP contribution in [-0.2, 0) is 4.74 Å². The Morgan fingerprint density at radius 2 is 1.96 bits per heavy atom. The van der Waals surface area contributed by atoms with Crippen molar-refractivity contribution in [3.05, 3.63) is 36.0 Å². The summed E-state index contributed by atoms with van der Waals surface area (Å²) in [6.07, 6.45) is 5.45. The number of carbonyl (C=O) groups excluding carboxylic acids is 1. The Hall–Kier alpha value is -2.14. The summed E-state index contributed by atoms with van der Waals surface area (Å²) in [7, 11) is 2.15. The van der Waals surface area contributed by atoms with Crippen LogP contribution in [0.25, 0.3) is 10.9 Å². The number of aromatic nitrogens is 1. The van der Waals surface area contributed by atoms with Crippen molar-refractivity contribution in [2.75, 3.05) is 7.05 Å². The van der Waals surface area contributed by atoms with E-state index in [4.69, 9.17) is 4.74 Å². The molecule has 2 bridgehead atoms. The molecule has 2 saturated heterocycles. The van der Waals surface area contributed by atoms with Gasteiger partial charge in [0.25, 0.3) is 0 Å². The second-order valence-corrected chi connectivity index (χ2v) is 6.59. The van der Waals surface area contributed by atoms with Crippen molar-refractivity contribution in [1.29, 1.82) is 0 Å². The highest BCUT2D eigenvalue weighted by molar-refractivity contribution is 5.99. The quantitative estimate of drug-likeness (QED) is 0.864. The number of rotatable bonds is 2. The summed E-state index contributed by atoms with van der Waals surface area (Å²) in [6.45, 7) is 0. The average molecular weight is 312 g/mol. The first kappa shape index (κ1) is 14.5. The first-order chi connectivity index (χ1) is 11.1. The molecule has 0 aliphatic carbocycles. The van der Waals surface area contributed by atoms with E-state index in [1.165, 1.54) is 19.0 Å². The molecule has 3 heterocycles. The molecule has 23 heavy (non-hydrogen) atoms. The lowest BCUT2D eigenvalue weighted by Gasteiger charge is -2.35. The predicted molar refractivity (Wildman–Crippen MR) is 86.4 cm³/mol. The first-order valence-corrected chi connectivity index (χ1v) is 8.13. The molecule has 4 rings (SSSR count). The Labute approximate surface area is 134 Å². The van der Waals surface area contributed by atoms with Gasteiger partial charge in [-0.3, -0.25) is 4.98 Å². The molecule has 1 aromatic heterocycles. The minimum atomic E-state index is -0.477. The van der Waals surface area contributed by atoms with Gasteiger partial charge >= 0.3 is 5.97 Å². The van der Waals surface area contributed by atoms with E-state index in [9.17, 15) is 9.90 Å². The molecule has 2 aliphatic heterocycles. The Bertz CT molecular complexity index is 747. The van der Waals surface area contributed by atoms with Crippen LogP contribution in [0.2, 0.25) is 0 Å². The lowest BCUT2D eigenvalue weighted by atomic mass is 10.0. The number of para-hydroxylation sites is 1. The highest BCUT2D eigenvalue weighted by Crippen LogP contribution is 2.36. The summed E-state index contributed by atoms with van der Waals surface area (Å²) >= 11 is 0. The van der Waals surface area contributed by atoms with E-state index < -0.39 is 5.97 Å². The number of aromatic hydroxyl groups is 1. The lowest BCUT2D eigenvalue weighted by molar-refractivity contribution is -0.000677. The molecule has 1 aromatic carbocycles. The molecule has 0 amide bonds. The van der Waals surface area contributed by atoms with E-state index >= 15 is 0 Å². The van der Waals surface area contributed by atoms with Crippen molar-refractivity contribution in [2.24, 2.45) is 0 Å². The number of fused-ring (bicyclic) bond motifs is 3. The van der Waals surface area contributed by atoms with Crippen LogP contribution in [0.5, 0.6) is 5.75 Å². The molecule has 2 unspecified atom stereocenters. The van der Waals surface area contributed by atoms with Crippen LogP contribution in [0.1, 0.15) is 36.0 Å². The fourth-order valence-electron chi connectivity index (χ4n) is 3.95. The van der Waals surface area contributed by atoms with E-state index in [1.54, 1.807) is 12.1 Å². The number of benzene rings is 1. The number of hydrogen-bond donors (Lipinski definition) is 1. The van der Waals surface area contributed by atoms with Gasteiger partial charge < -0.3 is 14.7 Å². The minimum absolute atomic E-state index is 0.0449. The SMILES string of the molecule is CN1C2CCC1CC(OC(=O)c1cnc3ccccc3c1O)C2. The fraction of sp³-hybridized carbons (Fsp3) is 0.444. The Kier molecular flexibility index (Phi) is 3.45. The topological polar surface area (TPSA) is 62.7 Å². The molecule has 5 nitrogen and oxygen atoms in total. The maximum atomic E-state index is 12.5. The van der Waals surface area contributed by atoms with E-state index in [1.807, 2.05) is 12.1 Å². The smallest absolute Gasteiger partial charge is 0.343 e. The number of ether oxygens (including phenoxy) is 1. The van der Waals surface area contributed by atoms with Gasteiger partial charge in [-0.1, -0.05) is 12.1 Å². The molecule has 2 aromatic rings. The van der Waals surface area contributed by atoms with Gasteiger partial charge in [-0.15, -0.1) is 0 Å². The van der Waals surface area contributed by atoms with Crippen molar-refractivity contribution < 1.29 is 14.6 Å². The Morgan fingerprint density at radius 1 is 1.26 bits per heavy atom. The van der Waals surface area contributed by atoms with Crippen LogP contribution in [0.15, 0.2) is 30.5 Å². The monoisotopic (exact) mass is 312 g/mol. The van der Waals surface area contributed by atoms with Crippen LogP contribution in [0, 0.1) is 0 Å². The number of hydrogen-bond acceptors (Lipinski definition) is 5. The summed E-state index contributed by atoms with van der Waals surface area (Å²) < 4.78 is 5.67. The van der Waals surface area contributed by atoms with E-state index in [0.717, 1.165) is 12.8 Å². The van der Waals surface area contributed by atoms with Crippen LogP contribution >= 0.6 is 0 Å². The molecule has 120 valence electrons. The minimum Gasteiger partial charge on any atom is -0.506 e. The lowest BCUT2D eigenvalue weighted by Crippen LogP contribution is -2.43. The van der Waals surface area contributed by atoms with Crippen molar-refractivity contribution in [2.45, 2.75) is 43.9 Å². The Balaban J connectivity index is 1.55. The van der Waals surface area contributed by atoms with Crippen molar-refractivity contribution in [3.63, 3.8) is 0 Å². The van der Waals surface area contributed by atoms with Gasteiger partial charge in [-0.2, -0.15) is 0 Å². The van der Waals surface area contributed by atoms with Crippen molar-refractivity contribution in [1.82, 2.24) is 9.88 Å². The molecule has 5 heteroatoms. The Morgan fingerprint density at radius 3 is 2.70 bits per heavy atom. The number of nitrogens with zero attached hydrogens (tertiary/aromatic N) is 2. The fourth-order valence-corrected chi connectivity index (χ4v) is 3.95. The molecule has 2 aliphatic rings. The van der Waals surface area contributed by atoms with Gasteiger partial charge in [0, 0.05) is 36.5 Å². The predicted octanol–water partition coefficient (Wildman–Crippen LogP) is 2.72. The number of piperidine rings is 1. The molecule has 2 atom stereocenters. The molecular weight excluding hydrogens is 292 g/mol. The van der Waals surface area contributed by atoms with Gasteiger partial charge in [-0.05, 0) is 32.0 Å². The summed E-state index contributed by atoms with van der Waals surface area (Å²) in [6, 6.07) is 8.24. The summed E-state index contributed by atoms with van der Waals surface area (Å²) in [4.78, 5) is 19.1. The standard InChI is InChI=1S/C18H20N2O3/c1-20-11-6-7-12(20)9-13(8-11)23-18(22)15-10-19-16-5-3-2-4-14(16)17(15)21/h2-5,10-13H,6-9H2,1H3,(H,19,21). The van der Waals surface area contributed by atoms with Crippen LogP contribution in [0.4, 0.5) is 0 Å². The summed E-state index contributed by atoms with van der Waals surface area (Å²) in [5.41, 5.74) is 0.814. The third-order valence-electron chi connectivity index (χ3n) is 5.30. The van der Waals surface area contributed by atoms with E-state index in [-0.39, 0.29) is 17.4 Å². The van der Waals surface area contributed by atoms with E-state index in [2.05, 4.69) is 16.9 Å². The second-order valence-electron chi connectivity index (χ2n) is 6.59. The maximum absolute atomic E-state index is 12.5. The van der Waals surface area contributed by atoms with Gasteiger partial charge in [0.2, 0.25) is 0 Å². The molecule has 0 spiro atoms. The van der Waals surface area contributed by atoms with Crippen molar-refractivity contribution >= 4 is 16.9 Å². The molecule has 0 saturated carbocycles. The van der Waals surface area contributed by atoms with Crippen molar-refractivity contribution in [3.8, 4) is 5.75 Å². The van der Waals surface area contributed by atoms with Crippen LogP contribution < -0.4 is 0 Å². The highest BCUT2D eigenvalue weighted by Gasteiger charge is 2.40. The molecule has 2 fully saturated rings. The summed E-state index contributed by atoms with van der Waals surface area (Å²) in [5.74, 6) is -0.522. The number of carbonyl (C=O) groups is 1. The number of pyridine rings is 1. The molecule has 1 N–H and O–H groups in total. The summed E-state index contributed by atoms with van der Waals surface area (Å²) in [5, 5.41) is 10.9. The normalized spacial score (nSPS) is 27.3. The zero-order chi connectivity index (χ0) is 16.0. The van der Waals surface area contributed by atoms with Gasteiger partial charge in [-0.25, -0.2) is 4.79 Å². The van der Waals surface area contributed by atoms with Gasteiger partial charge in [0.1, 0.15) is 17.4 Å². The highest BCUT2D eigenvalue weighted by atomic mass is 16.5. The second kappa shape index (κ2) is 5.49. The maximum Gasteiger partial charge on any atom is 0.343 e. The molecular formula is C18H20N2O3. The zero-order valence-corrected chi connectivity index (χ0v) is 13.1. The van der Waals surface area contributed by atoms with E-state index in [0.29, 0.717) is 23.0 Å². The third kappa shape index (κ3) is 2.45. The van der Waals surface area contributed by atoms with Crippen LogP contribution in [0.3, 0.4) is 0 Å². The van der Waals surface area contributed by atoms with Gasteiger partial charge in [0.15, 0.2) is 0 Å². The third-order valence-corrected chi connectivity index (χ3v) is 5.30. The average Bonchev–Trinajstić information content (AvgIpc) is 2.77. The molecule has 0 radical (unpaired) electrons. The van der Waals surface area contributed by atoms with Crippen LogP contribution in [-0.4, -0.2) is 46.2 Å². The van der Waals surface area contributed by atoms with Gasteiger partial charge in [0.05, 0.1) is 5.52 Å².